The molecule has 0 fully saturated rings. The first kappa shape index (κ1) is 8.00. The minimum Gasteiger partial charge on any atom is -0.381 e. The fraction of sp³-hybridized carbons (Fsp3) is 0. The summed E-state index contributed by atoms with van der Waals surface area (Å²) in [5.74, 6) is 0.209. The highest BCUT2D eigenvalue weighted by atomic mass is 35.5. The normalized spacial score (nSPS) is 10.5. The molecule has 0 aromatic carbocycles. The third-order valence-electron chi connectivity index (χ3n) is 1.64. The summed E-state index contributed by atoms with van der Waals surface area (Å²) in [7, 11) is 0. The zero-order valence-electron chi connectivity index (χ0n) is 6.44. The molecular formula is C7H5ClN4O. The summed E-state index contributed by atoms with van der Waals surface area (Å²) in [6.07, 6.45) is 3.58. The molecule has 0 atom stereocenters. The first-order chi connectivity index (χ1) is 6.22. The number of anilines is 1. The van der Waals surface area contributed by atoms with Gasteiger partial charge in [-0.2, -0.15) is 0 Å². The Kier molecular flexibility index (Phi) is 1.66. The number of aldehydes is 1. The van der Waals surface area contributed by atoms with Gasteiger partial charge in [-0.3, -0.25) is 9.20 Å². The maximum Gasteiger partial charge on any atom is 0.180 e. The molecule has 0 spiro atoms. The predicted molar refractivity (Wildman–Crippen MR) is 47.8 cm³/mol. The molecule has 2 aromatic heterocycles. The second kappa shape index (κ2) is 2.70. The molecule has 66 valence electrons. The topological polar surface area (TPSA) is 73.3 Å². The molecule has 2 aromatic rings. The number of rotatable bonds is 1. The third-order valence-corrected chi connectivity index (χ3v) is 1.82. The van der Waals surface area contributed by atoms with Crippen LogP contribution in [0.2, 0.25) is 5.15 Å². The summed E-state index contributed by atoms with van der Waals surface area (Å²) in [4.78, 5) is 18.2. The SMILES string of the molecule is Nc1nc(Cl)cn2c(C=O)cnc12. The largest absolute Gasteiger partial charge is 0.381 e. The van der Waals surface area contributed by atoms with E-state index in [1.807, 2.05) is 0 Å². The zero-order valence-corrected chi connectivity index (χ0v) is 7.19. The molecular weight excluding hydrogens is 192 g/mol. The van der Waals surface area contributed by atoms with Crippen molar-refractivity contribution in [1.82, 2.24) is 14.4 Å². The van der Waals surface area contributed by atoms with Crippen LogP contribution in [-0.2, 0) is 0 Å². The maximum atomic E-state index is 10.5. The quantitative estimate of drug-likeness (QED) is 0.684. The van der Waals surface area contributed by atoms with Gasteiger partial charge in [-0.15, -0.1) is 0 Å². The Morgan fingerprint density at radius 2 is 2.38 bits per heavy atom. The Morgan fingerprint density at radius 3 is 3.08 bits per heavy atom. The number of hydrogen-bond donors (Lipinski definition) is 1. The van der Waals surface area contributed by atoms with Crippen LogP contribution in [0.1, 0.15) is 10.5 Å². The molecule has 0 aliphatic rings. The van der Waals surface area contributed by atoms with Crippen molar-refractivity contribution in [2.24, 2.45) is 0 Å². The van der Waals surface area contributed by atoms with Crippen molar-refractivity contribution in [3.63, 3.8) is 0 Å². The standard InChI is InChI=1S/C7H5ClN4O/c8-5-2-12-4(3-13)1-10-7(12)6(9)11-5/h1-3H,(H2,9,11). The van der Waals surface area contributed by atoms with Crippen molar-refractivity contribution >= 4 is 29.4 Å². The highest BCUT2D eigenvalue weighted by molar-refractivity contribution is 6.29. The van der Waals surface area contributed by atoms with Gasteiger partial charge in [0.2, 0.25) is 0 Å². The predicted octanol–water partition coefficient (Wildman–Crippen LogP) is 0.777. The Bertz CT molecular complexity index is 479. The molecule has 13 heavy (non-hydrogen) atoms. The number of nitrogens with zero attached hydrogens (tertiary/aromatic N) is 3. The van der Waals surface area contributed by atoms with Crippen LogP contribution < -0.4 is 5.73 Å². The van der Waals surface area contributed by atoms with E-state index >= 15 is 0 Å². The van der Waals surface area contributed by atoms with Crippen LogP contribution in [-0.4, -0.2) is 20.7 Å². The number of aromatic nitrogens is 3. The van der Waals surface area contributed by atoms with E-state index in [4.69, 9.17) is 17.3 Å². The minimum atomic E-state index is 0.209. The van der Waals surface area contributed by atoms with Gasteiger partial charge in [-0.1, -0.05) is 11.6 Å². The molecule has 5 nitrogen and oxygen atoms in total. The second-order valence-corrected chi connectivity index (χ2v) is 2.83. The summed E-state index contributed by atoms with van der Waals surface area (Å²) in [5, 5.41) is 0.228. The van der Waals surface area contributed by atoms with Crippen LogP contribution >= 0.6 is 11.6 Å². The molecule has 0 unspecified atom stereocenters. The van der Waals surface area contributed by atoms with E-state index in [0.29, 0.717) is 17.6 Å². The van der Waals surface area contributed by atoms with Gasteiger partial charge >= 0.3 is 0 Å². The lowest BCUT2D eigenvalue weighted by Crippen LogP contribution is -1.98. The van der Waals surface area contributed by atoms with Gasteiger partial charge in [0, 0.05) is 6.20 Å². The van der Waals surface area contributed by atoms with Gasteiger partial charge in [0.1, 0.15) is 10.8 Å². The Balaban J connectivity index is 2.89. The average molecular weight is 197 g/mol. The number of hydrogen-bond acceptors (Lipinski definition) is 4. The molecule has 0 bridgehead atoms. The molecule has 0 aliphatic heterocycles. The number of nitrogens with two attached hydrogens (primary N) is 1. The number of fused-ring (bicyclic) bond motifs is 1. The molecule has 0 amide bonds. The van der Waals surface area contributed by atoms with E-state index in [1.54, 1.807) is 0 Å². The van der Waals surface area contributed by atoms with Crippen LogP contribution in [0.3, 0.4) is 0 Å². The van der Waals surface area contributed by atoms with Gasteiger partial charge in [-0.05, 0) is 0 Å². The number of imidazole rings is 1. The summed E-state index contributed by atoms with van der Waals surface area (Å²) in [6.45, 7) is 0. The molecule has 6 heteroatoms. The fourth-order valence-electron chi connectivity index (χ4n) is 1.09. The van der Waals surface area contributed by atoms with Gasteiger partial charge < -0.3 is 5.73 Å². The molecule has 2 rings (SSSR count). The second-order valence-electron chi connectivity index (χ2n) is 2.44. The Morgan fingerprint density at radius 1 is 1.62 bits per heavy atom. The Hall–Kier alpha value is -1.62. The first-order valence-corrected chi connectivity index (χ1v) is 3.84. The van der Waals surface area contributed by atoms with Crippen LogP contribution in [0.4, 0.5) is 5.82 Å². The molecule has 0 radical (unpaired) electrons. The van der Waals surface area contributed by atoms with Crippen molar-refractivity contribution in [3.8, 4) is 0 Å². The number of carbonyl (C=O) groups is 1. The van der Waals surface area contributed by atoms with Gasteiger partial charge in [0.05, 0.1) is 6.20 Å². The number of carbonyl (C=O) groups excluding carboxylic acids is 1. The lowest BCUT2D eigenvalue weighted by atomic mass is 10.5. The van der Waals surface area contributed by atoms with Gasteiger partial charge in [0.25, 0.3) is 0 Å². The molecule has 0 saturated carbocycles. The lowest BCUT2D eigenvalue weighted by molar-refractivity contribution is 0.111. The highest BCUT2D eigenvalue weighted by Crippen LogP contribution is 2.14. The zero-order chi connectivity index (χ0) is 9.42. The van der Waals surface area contributed by atoms with E-state index in [2.05, 4.69) is 9.97 Å². The lowest BCUT2D eigenvalue weighted by Gasteiger charge is -1.98. The number of halogens is 1. The smallest absolute Gasteiger partial charge is 0.180 e. The summed E-state index contributed by atoms with van der Waals surface area (Å²) in [5.41, 5.74) is 6.36. The van der Waals surface area contributed by atoms with Gasteiger partial charge in [-0.25, -0.2) is 9.97 Å². The van der Waals surface area contributed by atoms with Crippen molar-refractivity contribution < 1.29 is 4.79 Å². The minimum absolute atomic E-state index is 0.209. The van der Waals surface area contributed by atoms with Crippen LogP contribution in [0.25, 0.3) is 5.65 Å². The fourth-order valence-corrected chi connectivity index (χ4v) is 1.28. The van der Waals surface area contributed by atoms with E-state index in [9.17, 15) is 4.79 Å². The highest BCUT2D eigenvalue weighted by Gasteiger charge is 2.06. The van der Waals surface area contributed by atoms with E-state index in [-0.39, 0.29) is 11.0 Å². The van der Waals surface area contributed by atoms with Crippen molar-refractivity contribution in [3.05, 3.63) is 23.2 Å². The van der Waals surface area contributed by atoms with E-state index in [0.717, 1.165) is 0 Å². The Labute approximate surface area is 78.2 Å². The number of nitrogen functional groups attached to an aromatic ring is 1. The van der Waals surface area contributed by atoms with Crippen molar-refractivity contribution in [1.29, 1.82) is 0 Å². The molecule has 2 N–H and O–H groups in total. The van der Waals surface area contributed by atoms with Crippen LogP contribution in [0.5, 0.6) is 0 Å². The summed E-state index contributed by atoms with van der Waals surface area (Å²) < 4.78 is 1.50. The summed E-state index contributed by atoms with van der Waals surface area (Å²) >= 11 is 5.65. The summed E-state index contributed by atoms with van der Waals surface area (Å²) in [6, 6.07) is 0. The van der Waals surface area contributed by atoms with Crippen molar-refractivity contribution in [2.45, 2.75) is 0 Å². The average Bonchev–Trinajstić information content (AvgIpc) is 2.47. The monoisotopic (exact) mass is 196 g/mol. The maximum absolute atomic E-state index is 10.5. The molecule has 2 heterocycles. The van der Waals surface area contributed by atoms with Gasteiger partial charge in [0.15, 0.2) is 17.8 Å². The molecule has 0 aliphatic carbocycles. The van der Waals surface area contributed by atoms with Crippen LogP contribution in [0, 0.1) is 0 Å². The first-order valence-electron chi connectivity index (χ1n) is 3.46. The van der Waals surface area contributed by atoms with E-state index < -0.39 is 0 Å². The third kappa shape index (κ3) is 1.13. The van der Waals surface area contributed by atoms with E-state index in [1.165, 1.54) is 16.8 Å². The molecule has 0 saturated heterocycles. The van der Waals surface area contributed by atoms with Crippen LogP contribution in [0.15, 0.2) is 12.4 Å². The van der Waals surface area contributed by atoms with Crippen molar-refractivity contribution in [2.75, 3.05) is 5.73 Å².